The first-order valence-corrected chi connectivity index (χ1v) is 12.5. The van der Waals surface area contributed by atoms with Gasteiger partial charge >= 0.3 is 5.69 Å². The normalized spacial score (nSPS) is 11.7. The van der Waals surface area contributed by atoms with Gasteiger partial charge in [0.05, 0.1) is 20.9 Å². The maximum Gasteiger partial charge on any atom is 0.333 e. The minimum atomic E-state index is -3.86. The lowest BCUT2D eigenvalue weighted by atomic mass is 10.1. The van der Waals surface area contributed by atoms with Crippen molar-refractivity contribution in [3.63, 3.8) is 0 Å². The Morgan fingerprint density at radius 3 is 2.48 bits per heavy atom. The van der Waals surface area contributed by atoms with E-state index in [9.17, 15) is 27.2 Å². The van der Waals surface area contributed by atoms with Crippen molar-refractivity contribution in [2.24, 2.45) is 0 Å². The second-order valence-electron chi connectivity index (χ2n) is 7.08. The van der Waals surface area contributed by atoms with Gasteiger partial charge in [-0.2, -0.15) is 0 Å². The van der Waals surface area contributed by atoms with E-state index in [1.54, 1.807) is 0 Å². The summed E-state index contributed by atoms with van der Waals surface area (Å²) >= 11 is 12.5. The van der Waals surface area contributed by atoms with E-state index >= 15 is 0 Å². The number of aromatic amines is 1. The Balaban J connectivity index is 1.62. The summed E-state index contributed by atoms with van der Waals surface area (Å²) in [6.45, 7) is 0. The topological polar surface area (TPSA) is 106 Å². The van der Waals surface area contributed by atoms with Crippen molar-refractivity contribution in [3.8, 4) is 5.69 Å². The number of sulfone groups is 1. The van der Waals surface area contributed by atoms with Crippen molar-refractivity contribution >= 4 is 61.1 Å². The fourth-order valence-electron chi connectivity index (χ4n) is 3.28. The Bertz CT molecular complexity index is 1640. The molecule has 0 spiro atoms. The molecule has 12 heteroatoms. The van der Waals surface area contributed by atoms with Crippen LogP contribution in [0.15, 0.2) is 62.3 Å². The molecule has 0 aliphatic carbocycles. The number of carbonyl (C=O) groups is 1. The molecule has 0 fully saturated rings. The predicted molar refractivity (Wildman–Crippen MR) is 125 cm³/mol. The summed E-state index contributed by atoms with van der Waals surface area (Å²) < 4.78 is 40.4. The summed E-state index contributed by atoms with van der Waals surface area (Å²) in [5.41, 5.74) is -1.51. The van der Waals surface area contributed by atoms with Gasteiger partial charge in [0.1, 0.15) is 15.8 Å². The number of ketones is 1. The zero-order chi connectivity index (χ0) is 23.9. The molecule has 4 aromatic rings. The Labute approximate surface area is 199 Å². The highest BCUT2D eigenvalue weighted by atomic mass is 35.5. The minimum Gasteiger partial charge on any atom is -0.306 e. The highest BCUT2D eigenvalue weighted by Gasteiger charge is 2.22. The molecule has 170 valence electrons. The van der Waals surface area contributed by atoms with E-state index in [0.717, 1.165) is 17.4 Å². The summed E-state index contributed by atoms with van der Waals surface area (Å²) in [4.78, 5) is 40.0. The van der Waals surface area contributed by atoms with Gasteiger partial charge in [0.15, 0.2) is 15.6 Å². The fraction of sp³-hybridized carbons (Fsp3) is 0.0952. The molecule has 7 nitrogen and oxygen atoms in total. The maximum absolute atomic E-state index is 14.8. The average Bonchev–Trinajstić information content (AvgIpc) is 3.16. The van der Waals surface area contributed by atoms with Crippen LogP contribution in [0.25, 0.3) is 16.6 Å². The third-order valence-corrected chi connectivity index (χ3v) is 8.44. The van der Waals surface area contributed by atoms with Gasteiger partial charge in [0, 0.05) is 11.4 Å². The second kappa shape index (κ2) is 8.86. The van der Waals surface area contributed by atoms with E-state index in [4.69, 9.17) is 23.2 Å². The van der Waals surface area contributed by atoms with E-state index in [2.05, 4.69) is 4.98 Å². The summed E-state index contributed by atoms with van der Waals surface area (Å²) in [5.74, 6) is -2.34. The third kappa shape index (κ3) is 4.79. The number of nitrogens with zero attached hydrogens (tertiary/aromatic N) is 1. The number of carbonyl (C=O) groups excluding carboxylic acids is 1. The van der Waals surface area contributed by atoms with E-state index < -0.39 is 38.4 Å². The monoisotopic (exact) mass is 526 g/mol. The third-order valence-electron chi connectivity index (χ3n) is 4.72. The molecule has 4 rings (SSSR count). The van der Waals surface area contributed by atoms with Gasteiger partial charge in [0.2, 0.25) is 0 Å². The van der Waals surface area contributed by atoms with Crippen LogP contribution in [0.2, 0.25) is 9.36 Å². The summed E-state index contributed by atoms with van der Waals surface area (Å²) in [6.07, 6.45) is -0.350. The van der Waals surface area contributed by atoms with Crippen molar-refractivity contribution in [1.82, 2.24) is 9.55 Å². The lowest BCUT2D eigenvalue weighted by Crippen LogP contribution is -2.34. The van der Waals surface area contributed by atoms with E-state index in [1.165, 1.54) is 42.5 Å². The van der Waals surface area contributed by atoms with Crippen molar-refractivity contribution in [2.75, 3.05) is 5.75 Å². The quantitative estimate of drug-likeness (QED) is 0.411. The van der Waals surface area contributed by atoms with Crippen LogP contribution in [-0.2, 0) is 21.1 Å². The highest BCUT2D eigenvalue weighted by molar-refractivity contribution is 7.94. The van der Waals surface area contributed by atoms with E-state index in [-0.39, 0.29) is 37.1 Å². The van der Waals surface area contributed by atoms with Crippen LogP contribution >= 0.6 is 34.5 Å². The van der Waals surface area contributed by atoms with E-state index in [1.807, 2.05) is 0 Å². The Kier molecular flexibility index (Phi) is 6.28. The van der Waals surface area contributed by atoms with Crippen LogP contribution < -0.4 is 11.2 Å². The number of H-pyrrole nitrogens is 1. The molecule has 0 saturated carbocycles. The molecule has 0 aliphatic rings. The average molecular weight is 527 g/mol. The zero-order valence-corrected chi connectivity index (χ0v) is 19.6. The smallest absolute Gasteiger partial charge is 0.306 e. The zero-order valence-electron chi connectivity index (χ0n) is 16.5. The first-order valence-electron chi connectivity index (χ1n) is 9.28. The van der Waals surface area contributed by atoms with Crippen molar-refractivity contribution in [2.45, 2.75) is 10.6 Å². The second-order valence-corrected chi connectivity index (χ2v) is 11.4. The molecule has 0 amide bonds. The molecule has 2 heterocycles. The van der Waals surface area contributed by atoms with Gasteiger partial charge < -0.3 is 4.98 Å². The molecule has 2 aromatic carbocycles. The van der Waals surface area contributed by atoms with Gasteiger partial charge in [-0.25, -0.2) is 22.2 Å². The number of hydrogen-bond donors (Lipinski definition) is 1. The van der Waals surface area contributed by atoms with Crippen molar-refractivity contribution in [3.05, 3.63) is 90.1 Å². The van der Waals surface area contributed by atoms with Gasteiger partial charge in [0.25, 0.3) is 5.56 Å². The Morgan fingerprint density at radius 1 is 1.06 bits per heavy atom. The van der Waals surface area contributed by atoms with Crippen molar-refractivity contribution < 1.29 is 17.6 Å². The van der Waals surface area contributed by atoms with E-state index in [0.29, 0.717) is 9.59 Å². The van der Waals surface area contributed by atoms with Gasteiger partial charge in [-0.05, 0) is 48.0 Å². The molecule has 2 aromatic heterocycles. The maximum atomic E-state index is 14.8. The number of Topliss-reactive ketones (excluding diaryl/α,β-unsaturated/α-hetero) is 1. The van der Waals surface area contributed by atoms with Crippen LogP contribution in [0.1, 0.15) is 5.56 Å². The lowest BCUT2D eigenvalue weighted by molar-refractivity contribution is -0.116. The Morgan fingerprint density at radius 2 is 1.82 bits per heavy atom. The number of aromatic nitrogens is 2. The summed E-state index contributed by atoms with van der Waals surface area (Å²) in [5, 5.41) is 0.455. The number of halogens is 3. The van der Waals surface area contributed by atoms with Gasteiger partial charge in [-0.1, -0.05) is 29.3 Å². The van der Waals surface area contributed by atoms with Crippen molar-refractivity contribution in [1.29, 1.82) is 0 Å². The van der Waals surface area contributed by atoms with Crippen LogP contribution in [-0.4, -0.2) is 29.5 Å². The number of hydrogen-bond acceptors (Lipinski definition) is 6. The summed E-state index contributed by atoms with van der Waals surface area (Å²) in [6, 6.07) is 10.6. The molecule has 0 aliphatic heterocycles. The molecule has 0 atom stereocenters. The molecule has 33 heavy (non-hydrogen) atoms. The summed E-state index contributed by atoms with van der Waals surface area (Å²) in [7, 11) is -3.86. The molecule has 0 saturated heterocycles. The number of benzene rings is 2. The first-order chi connectivity index (χ1) is 15.5. The molecular weight excluding hydrogens is 514 g/mol. The largest absolute Gasteiger partial charge is 0.333 e. The molecule has 0 bridgehead atoms. The SMILES string of the molecule is O=C(Cc1ccc(-n2c(=O)[nH]c3cc(Cl)ccc3c2=O)c(F)c1)CS(=O)(=O)c1ccc(Cl)s1. The Hall–Kier alpha value is -2.79. The number of fused-ring (bicyclic) bond motifs is 1. The molecular formula is C21H13Cl2FN2O5S2. The van der Waals surface area contributed by atoms with Gasteiger partial charge in [-0.15, -0.1) is 11.3 Å². The predicted octanol–water partition coefficient (Wildman–Crippen LogP) is 3.77. The van der Waals surface area contributed by atoms with Crippen LogP contribution in [0, 0.1) is 5.82 Å². The molecule has 1 N–H and O–H groups in total. The fourth-order valence-corrected chi connectivity index (χ4v) is 6.26. The van der Waals surface area contributed by atoms with Crippen LogP contribution in [0.5, 0.6) is 0 Å². The minimum absolute atomic E-state index is 0.0291. The lowest BCUT2D eigenvalue weighted by Gasteiger charge is -2.09. The molecule has 0 unspecified atom stereocenters. The van der Waals surface area contributed by atoms with Crippen LogP contribution in [0.3, 0.4) is 0 Å². The number of thiophene rings is 1. The first kappa shape index (κ1) is 23.4. The number of rotatable bonds is 6. The highest BCUT2D eigenvalue weighted by Crippen LogP contribution is 2.26. The standard InChI is InChI=1S/C21H13Cl2FN2O5S2/c22-12-2-3-14-16(9-12)25-21(29)26(20(14)28)17-4-1-11(8-15(17)24)7-13(27)10-33(30,31)19-6-5-18(23)32-19/h1-6,8-9H,7,10H2,(H,25,29). The van der Waals surface area contributed by atoms with Crippen LogP contribution in [0.4, 0.5) is 4.39 Å². The number of nitrogens with one attached hydrogen (secondary N) is 1. The van der Waals surface area contributed by atoms with Gasteiger partial charge in [-0.3, -0.25) is 9.59 Å². The molecule has 0 radical (unpaired) electrons.